The number of ether oxygens (including phenoxy) is 1. The first kappa shape index (κ1) is 14.3. The van der Waals surface area contributed by atoms with Crippen LogP contribution in [0.3, 0.4) is 0 Å². The molecule has 2 N–H and O–H groups in total. The molecule has 0 aliphatic heterocycles. The van der Waals surface area contributed by atoms with Crippen molar-refractivity contribution in [3.63, 3.8) is 0 Å². The van der Waals surface area contributed by atoms with Gasteiger partial charge in [-0.25, -0.2) is 0 Å². The largest absolute Gasteiger partial charge is 0.394 e. The lowest BCUT2D eigenvalue weighted by Gasteiger charge is -2.34. The lowest BCUT2D eigenvalue weighted by Crippen LogP contribution is -2.54. The van der Waals surface area contributed by atoms with Gasteiger partial charge in [-0.2, -0.15) is 0 Å². The summed E-state index contributed by atoms with van der Waals surface area (Å²) in [6, 6.07) is 0. The molecule has 0 radical (unpaired) electrons. The summed E-state index contributed by atoms with van der Waals surface area (Å²) in [5, 5.41) is 13.2. The highest BCUT2D eigenvalue weighted by Crippen LogP contribution is 2.40. The van der Waals surface area contributed by atoms with Gasteiger partial charge in [-0.1, -0.05) is 32.6 Å². The summed E-state index contributed by atoms with van der Waals surface area (Å²) in [7, 11) is 0. The molecule has 2 aliphatic carbocycles. The van der Waals surface area contributed by atoms with E-state index in [-0.39, 0.29) is 12.1 Å². The van der Waals surface area contributed by atoms with E-state index in [4.69, 9.17) is 4.74 Å². The van der Waals surface area contributed by atoms with E-state index in [2.05, 4.69) is 12.2 Å². The third kappa shape index (κ3) is 3.69. The van der Waals surface area contributed by atoms with E-state index in [0.29, 0.717) is 18.6 Å². The molecule has 0 aromatic rings. The van der Waals surface area contributed by atoms with Crippen molar-refractivity contribution in [1.82, 2.24) is 5.32 Å². The van der Waals surface area contributed by atoms with Crippen molar-refractivity contribution in [2.24, 2.45) is 5.92 Å². The molecule has 3 nitrogen and oxygen atoms in total. The van der Waals surface area contributed by atoms with Crippen LogP contribution in [-0.4, -0.2) is 36.5 Å². The number of aliphatic hydroxyl groups is 1. The zero-order valence-corrected chi connectivity index (χ0v) is 11.8. The minimum absolute atomic E-state index is 0.166. The molecule has 18 heavy (non-hydrogen) atoms. The van der Waals surface area contributed by atoms with Gasteiger partial charge in [0.2, 0.25) is 0 Å². The van der Waals surface area contributed by atoms with Gasteiger partial charge < -0.3 is 15.2 Å². The predicted molar refractivity (Wildman–Crippen MR) is 73.7 cm³/mol. The highest BCUT2D eigenvalue weighted by Gasteiger charge is 2.44. The Morgan fingerprint density at radius 2 is 1.78 bits per heavy atom. The molecule has 0 bridgehead atoms. The third-order valence-electron chi connectivity index (χ3n) is 4.55. The average molecular weight is 255 g/mol. The van der Waals surface area contributed by atoms with E-state index in [1.165, 1.54) is 51.4 Å². The van der Waals surface area contributed by atoms with Gasteiger partial charge in [0.15, 0.2) is 0 Å². The van der Waals surface area contributed by atoms with Crippen LogP contribution in [-0.2, 0) is 4.74 Å². The maximum atomic E-state index is 9.76. The summed E-state index contributed by atoms with van der Waals surface area (Å²) in [6.07, 6.45) is 10.7. The van der Waals surface area contributed by atoms with Crippen LogP contribution < -0.4 is 5.32 Å². The Kier molecular flexibility index (Phi) is 5.46. The van der Waals surface area contributed by atoms with Crippen molar-refractivity contribution in [1.29, 1.82) is 0 Å². The van der Waals surface area contributed by atoms with Crippen molar-refractivity contribution in [3.05, 3.63) is 0 Å². The van der Waals surface area contributed by atoms with Crippen LogP contribution in [0.2, 0.25) is 0 Å². The molecule has 2 fully saturated rings. The first-order chi connectivity index (χ1) is 8.80. The fourth-order valence-electron chi connectivity index (χ4n) is 3.21. The molecule has 0 spiro atoms. The Morgan fingerprint density at radius 1 is 1.11 bits per heavy atom. The van der Waals surface area contributed by atoms with Crippen LogP contribution >= 0.6 is 0 Å². The zero-order valence-electron chi connectivity index (χ0n) is 11.8. The molecular weight excluding hydrogens is 226 g/mol. The first-order valence-electron chi connectivity index (χ1n) is 7.78. The molecule has 1 atom stereocenters. The van der Waals surface area contributed by atoms with Gasteiger partial charge in [-0.05, 0) is 38.1 Å². The van der Waals surface area contributed by atoms with Gasteiger partial charge in [-0.3, -0.25) is 0 Å². The van der Waals surface area contributed by atoms with Gasteiger partial charge in [-0.15, -0.1) is 0 Å². The summed E-state index contributed by atoms with van der Waals surface area (Å²) in [6.45, 7) is 3.91. The molecule has 2 aliphatic rings. The standard InChI is InChI=1S/C15H29NO2/c1-2-16-15(11-17,13-9-10-13)12-18-14-7-5-3-4-6-8-14/h13-14,16-17H,2-12H2,1H3. The highest BCUT2D eigenvalue weighted by atomic mass is 16.5. The lowest BCUT2D eigenvalue weighted by atomic mass is 9.95. The maximum absolute atomic E-state index is 9.76. The van der Waals surface area contributed by atoms with E-state index in [9.17, 15) is 5.11 Å². The first-order valence-corrected chi connectivity index (χ1v) is 7.78. The van der Waals surface area contributed by atoms with Crippen molar-refractivity contribution >= 4 is 0 Å². The summed E-state index contributed by atoms with van der Waals surface area (Å²) < 4.78 is 6.15. The highest BCUT2D eigenvalue weighted by molar-refractivity contribution is 5.01. The molecule has 0 heterocycles. The van der Waals surface area contributed by atoms with E-state index >= 15 is 0 Å². The minimum Gasteiger partial charge on any atom is -0.394 e. The Balaban J connectivity index is 1.83. The number of likely N-dealkylation sites (N-methyl/N-ethyl adjacent to an activating group) is 1. The molecule has 0 saturated heterocycles. The SMILES string of the molecule is CCNC(CO)(COC1CCCCCC1)C1CC1. The number of aliphatic hydroxyl groups excluding tert-OH is 1. The van der Waals surface area contributed by atoms with Gasteiger partial charge in [0, 0.05) is 0 Å². The van der Waals surface area contributed by atoms with E-state index in [0.717, 1.165) is 6.54 Å². The summed E-state index contributed by atoms with van der Waals surface area (Å²) >= 11 is 0. The normalized spacial score (nSPS) is 25.7. The summed E-state index contributed by atoms with van der Waals surface area (Å²) in [5.74, 6) is 0.619. The predicted octanol–water partition coefficient (Wildman–Crippen LogP) is 2.48. The minimum atomic E-state index is -0.166. The second-order valence-electron chi connectivity index (χ2n) is 6.04. The van der Waals surface area contributed by atoms with Crippen LogP contribution in [0.25, 0.3) is 0 Å². The molecule has 0 aromatic heterocycles. The van der Waals surface area contributed by atoms with Crippen molar-refractivity contribution in [2.75, 3.05) is 19.8 Å². The molecular formula is C15H29NO2. The van der Waals surface area contributed by atoms with Crippen molar-refractivity contribution in [3.8, 4) is 0 Å². The van der Waals surface area contributed by atoms with Gasteiger partial charge in [0.25, 0.3) is 0 Å². The third-order valence-corrected chi connectivity index (χ3v) is 4.55. The number of nitrogens with one attached hydrogen (secondary N) is 1. The Hall–Kier alpha value is -0.120. The summed E-state index contributed by atoms with van der Waals surface area (Å²) in [4.78, 5) is 0. The smallest absolute Gasteiger partial charge is 0.0679 e. The van der Waals surface area contributed by atoms with Gasteiger partial charge in [0.1, 0.15) is 0 Å². The second kappa shape index (κ2) is 6.88. The molecule has 2 rings (SSSR count). The van der Waals surface area contributed by atoms with Crippen LogP contribution in [0.1, 0.15) is 58.3 Å². The van der Waals surface area contributed by atoms with E-state index < -0.39 is 0 Å². The van der Waals surface area contributed by atoms with Crippen molar-refractivity contribution in [2.45, 2.75) is 69.9 Å². The average Bonchev–Trinajstić information content (AvgIpc) is 3.21. The monoisotopic (exact) mass is 255 g/mol. The van der Waals surface area contributed by atoms with Crippen LogP contribution in [0.5, 0.6) is 0 Å². The molecule has 106 valence electrons. The molecule has 2 saturated carbocycles. The van der Waals surface area contributed by atoms with Crippen LogP contribution in [0.4, 0.5) is 0 Å². The van der Waals surface area contributed by atoms with Crippen molar-refractivity contribution < 1.29 is 9.84 Å². The van der Waals surface area contributed by atoms with E-state index in [1.54, 1.807) is 0 Å². The topological polar surface area (TPSA) is 41.5 Å². The fraction of sp³-hybridized carbons (Fsp3) is 1.00. The van der Waals surface area contributed by atoms with Crippen LogP contribution in [0.15, 0.2) is 0 Å². The molecule has 1 unspecified atom stereocenters. The van der Waals surface area contributed by atoms with E-state index in [1.807, 2.05) is 0 Å². The number of rotatable bonds is 7. The summed E-state index contributed by atoms with van der Waals surface area (Å²) in [5.41, 5.74) is -0.166. The second-order valence-corrected chi connectivity index (χ2v) is 6.04. The Morgan fingerprint density at radius 3 is 2.28 bits per heavy atom. The fourth-order valence-corrected chi connectivity index (χ4v) is 3.21. The van der Waals surface area contributed by atoms with Crippen LogP contribution in [0, 0.1) is 5.92 Å². The number of hydrogen-bond donors (Lipinski definition) is 2. The Labute approximate surface area is 111 Å². The quantitative estimate of drug-likeness (QED) is 0.687. The Bertz CT molecular complexity index is 235. The lowest BCUT2D eigenvalue weighted by molar-refractivity contribution is -0.0230. The molecule has 3 heteroatoms. The maximum Gasteiger partial charge on any atom is 0.0679 e. The molecule has 0 amide bonds. The van der Waals surface area contributed by atoms with Gasteiger partial charge >= 0.3 is 0 Å². The zero-order chi connectivity index (χ0) is 12.8. The molecule has 0 aromatic carbocycles. The number of hydrogen-bond acceptors (Lipinski definition) is 3. The van der Waals surface area contributed by atoms with Gasteiger partial charge in [0.05, 0.1) is 24.9 Å².